The highest BCUT2D eigenvalue weighted by Gasteiger charge is 2.15. The molecule has 0 atom stereocenters. The summed E-state index contributed by atoms with van der Waals surface area (Å²) in [7, 11) is 0. The molecule has 0 amide bonds. The molecule has 0 radical (unpaired) electrons. The number of Topliss-reactive ketones (excluding diaryl/α,β-unsaturated/α-hetero) is 1. The first kappa shape index (κ1) is 17.4. The topological polar surface area (TPSA) is 46.2 Å². The Labute approximate surface area is 153 Å². The van der Waals surface area contributed by atoms with Gasteiger partial charge in [0.25, 0.3) is 0 Å². The predicted octanol–water partition coefficient (Wildman–Crippen LogP) is 5.06. The molecule has 3 heteroatoms. The van der Waals surface area contributed by atoms with Crippen LogP contribution in [0, 0.1) is 6.92 Å². The molecule has 128 valence electrons. The zero-order chi connectivity index (χ0) is 18.4. The first-order valence-electron chi connectivity index (χ1n) is 8.38. The number of ketones is 2. The number of aryl methyl sites for hydroxylation is 1. The standard InChI is InChI=1S/C23H19NO2/c1-17-10-8-9-15-20(17)24-21(23(26)19-13-6-3-7-14-19)16-22(25)18-11-4-2-5-12-18/h2-16,24H,1H3/b21-16+. The van der Waals surface area contributed by atoms with E-state index in [1.807, 2.05) is 43.3 Å². The average molecular weight is 341 g/mol. The van der Waals surface area contributed by atoms with Crippen LogP contribution in [-0.2, 0) is 0 Å². The number of allylic oxidation sites excluding steroid dienone is 2. The molecule has 0 aromatic heterocycles. The van der Waals surface area contributed by atoms with Crippen LogP contribution >= 0.6 is 0 Å². The Hall–Kier alpha value is -3.46. The highest BCUT2D eigenvalue weighted by Crippen LogP contribution is 2.19. The minimum Gasteiger partial charge on any atom is -0.352 e. The van der Waals surface area contributed by atoms with Crippen molar-refractivity contribution < 1.29 is 9.59 Å². The van der Waals surface area contributed by atoms with Gasteiger partial charge >= 0.3 is 0 Å². The van der Waals surface area contributed by atoms with E-state index in [0.717, 1.165) is 11.3 Å². The van der Waals surface area contributed by atoms with Crippen LogP contribution in [0.3, 0.4) is 0 Å². The number of hydrogen-bond acceptors (Lipinski definition) is 3. The van der Waals surface area contributed by atoms with E-state index in [0.29, 0.717) is 11.1 Å². The summed E-state index contributed by atoms with van der Waals surface area (Å²) in [5.41, 5.74) is 3.10. The molecule has 0 spiro atoms. The summed E-state index contributed by atoms with van der Waals surface area (Å²) >= 11 is 0. The van der Waals surface area contributed by atoms with Crippen molar-refractivity contribution in [2.75, 3.05) is 5.32 Å². The monoisotopic (exact) mass is 341 g/mol. The van der Waals surface area contributed by atoms with E-state index in [1.165, 1.54) is 6.08 Å². The summed E-state index contributed by atoms with van der Waals surface area (Å²) in [5.74, 6) is -0.441. The molecular weight excluding hydrogens is 322 g/mol. The van der Waals surface area contributed by atoms with E-state index >= 15 is 0 Å². The quantitative estimate of drug-likeness (QED) is 0.504. The van der Waals surface area contributed by atoms with Crippen LogP contribution in [0.2, 0.25) is 0 Å². The fraction of sp³-hybridized carbons (Fsp3) is 0.0435. The predicted molar refractivity (Wildman–Crippen MR) is 104 cm³/mol. The summed E-state index contributed by atoms with van der Waals surface area (Å²) in [6, 6.07) is 25.5. The highest BCUT2D eigenvalue weighted by atomic mass is 16.1. The summed E-state index contributed by atoms with van der Waals surface area (Å²) in [6.45, 7) is 1.95. The number of carbonyl (C=O) groups excluding carboxylic acids is 2. The van der Waals surface area contributed by atoms with Crippen LogP contribution in [-0.4, -0.2) is 11.6 Å². The summed E-state index contributed by atoms with van der Waals surface area (Å²) in [4.78, 5) is 25.5. The van der Waals surface area contributed by atoms with Crippen LogP contribution in [0.1, 0.15) is 26.3 Å². The number of benzene rings is 3. The van der Waals surface area contributed by atoms with E-state index in [2.05, 4.69) is 5.32 Å². The van der Waals surface area contributed by atoms with Crippen molar-refractivity contribution in [3.05, 3.63) is 113 Å². The third-order valence-corrected chi connectivity index (χ3v) is 4.03. The van der Waals surface area contributed by atoms with Crippen molar-refractivity contribution in [1.29, 1.82) is 0 Å². The Balaban J connectivity index is 1.98. The van der Waals surface area contributed by atoms with Gasteiger partial charge in [0.15, 0.2) is 5.78 Å². The lowest BCUT2D eigenvalue weighted by atomic mass is 10.0. The van der Waals surface area contributed by atoms with Crippen molar-refractivity contribution in [2.45, 2.75) is 6.92 Å². The van der Waals surface area contributed by atoms with Crippen LogP contribution < -0.4 is 5.32 Å². The number of para-hydroxylation sites is 1. The summed E-state index contributed by atoms with van der Waals surface area (Å²) in [6.07, 6.45) is 1.37. The maximum Gasteiger partial charge on any atom is 0.209 e. The van der Waals surface area contributed by atoms with E-state index in [9.17, 15) is 9.59 Å². The second kappa shape index (κ2) is 8.08. The smallest absolute Gasteiger partial charge is 0.209 e. The Morgan fingerprint density at radius 3 is 1.88 bits per heavy atom. The Bertz CT molecular complexity index is 944. The van der Waals surface area contributed by atoms with Gasteiger partial charge in [-0.25, -0.2) is 0 Å². The lowest BCUT2D eigenvalue weighted by Gasteiger charge is -2.12. The van der Waals surface area contributed by atoms with Crippen LogP contribution in [0.15, 0.2) is 96.7 Å². The first-order chi connectivity index (χ1) is 12.6. The van der Waals surface area contributed by atoms with Crippen LogP contribution in [0.25, 0.3) is 0 Å². The van der Waals surface area contributed by atoms with Gasteiger partial charge in [-0.15, -0.1) is 0 Å². The molecular formula is C23H19NO2. The molecule has 0 aliphatic carbocycles. The van der Waals surface area contributed by atoms with Crippen molar-refractivity contribution in [3.63, 3.8) is 0 Å². The van der Waals surface area contributed by atoms with Gasteiger partial charge in [-0.05, 0) is 18.6 Å². The van der Waals surface area contributed by atoms with Crippen LogP contribution in [0.5, 0.6) is 0 Å². The largest absolute Gasteiger partial charge is 0.352 e. The average Bonchev–Trinajstić information content (AvgIpc) is 2.70. The molecule has 3 nitrogen and oxygen atoms in total. The molecule has 3 rings (SSSR count). The van der Waals surface area contributed by atoms with Crippen LogP contribution in [0.4, 0.5) is 5.69 Å². The number of hydrogen-bond donors (Lipinski definition) is 1. The molecule has 0 aliphatic heterocycles. The molecule has 1 N–H and O–H groups in total. The summed E-state index contributed by atoms with van der Waals surface area (Å²) < 4.78 is 0. The van der Waals surface area contributed by atoms with Gasteiger partial charge in [-0.1, -0.05) is 78.9 Å². The molecule has 0 saturated heterocycles. The van der Waals surface area contributed by atoms with Gasteiger partial charge in [0.05, 0.1) is 5.70 Å². The second-order valence-electron chi connectivity index (χ2n) is 5.92. The molecule has 0 saturated carbocycles. The Morgan fingerprint density at radius 1 is 0.731 bits per heavy atom. The van der Waals surface area contributed by atoms with Gasteiger partial charge < -0.3 is 5.32 Å². The van der Waals surface area contributed by atoms with E-state index in [1.54, 1.807) is 48.5 Å². The molecule has 3 aromatic carbocycles. The minimum atomic E-state index is -0.224. The molecule has 0 fully saturated rings. The molecule has 0 aliphatic rings. The second-order valence-corrected chi connectivity index (χ2v) is 5.92. The lowest BCUT2D eigenvalue weighted by Crippen LogP contribution is -2.14. The molecule has 26 heavy (non-hydrogen) atoms. The van der Waals surface area contributed by atoms with Crippen molar-refractivity contribution in [1.82, 2.24) is 0 Å². The highest BCUT2D eigenvalue weighted by molar-refractivity contribution is 6.16. The number of nitrogens with one attached hydrogen (secondary N) is 1. The maximum atomic E-state index is 12.9. The molecule has 0 unspecified atom stereocenters. The van der Waals surface area contributed by atoms with Crippen molar-refractivity contribution >= 4 is 17.3 Å². The number of rotatable bonds is 6. The minimum absolute atomic E-state index is 0.217. The molecule has 3 aromatic rings. The van der Waals surface area contributed by atoms with Gasteiger partial charge in [-0.3, -0.25) is 9.59 Å². The van der Waals surface area contributed by atoms with E-state index in [-0.39, 0.29) is 17.3 Å². The van der Waals surface area contributed by atoms with Crippen molar-refractivity contribution in [3.8, 4) is 0 Å². The third-order valence-electron chi connectivity index (χ3n) is 4.03. The summed E-state index contributed by atoms with van der Waals surface area (Å²) in [5, 5.41) is 3.14. The number of carbonyl (C=O) groups is 2. The van der Waals surface area contributed by atoms with Gasteiger partial charge in [0, 0.05) is 22.9 Å². The zero-order valence-electron chi connectivity index (χ0n) is 14.5. The lowest BCUT2D eigenvalue weighted by molar-refractivity contribution is 0.101. The maximum absolute atomic E-state index is 12.9. The fourth-order valence-electron chi connectivity index (χ4n) is 2.58. The Kier molecular flexibility index (Phi) is 5.40. The molecule has 0 heterocycles. The fourth-order valence-corrected chi connectivity index (χ4v) is 2.58. The normalized spacial score (nSPS) is 11.0. The third kappa shape index (κ3) is 4.14. The van der Waals surface area contributed by atoms with E-state index in [4.69, 9.17) is 0 Å². The zero-order valence-corrected chi connectivity index (χ0v) is 14.5. The Morgan fingerprint density at radius 2 is 1.27 bits per heavy atom. The SMILES string of the molecule is Cc1ccccc1N/C(=C/C(=O)c1ccccc1)C(=O)c1ccccc1. The van der Waals surface area contributed by atoms with Gasteiger partial charge in [0.2, 0.25) is 5.78 Å². The first-order valence-corrected chi connectivity index (χ1v) is 8.38. The van der Waals surface area contributed by atoms with Crippen molar-refractivity contribution in [2.24, 2.45) is 0 Å². The van der Waals surface area contributed by atoms with Gasteiger partial charge in [-0.2, -0.15) is 0 Å². The molecule has 0 bridgehead atoms. The van der Waals surface area contributed by atoms with E-state index < -0.39 is 0 Å². The van der Waals surface area contributed by atoms with Gasteiger partial charge in [0.1, 0.15) is 0 Å². The number of anilines is 1.